The maximum absolute atomic E-state index is 12.3. The van der Waals surface area contributed by atoms with Crippen LogP contribution in [0.2, 0.25) is 20.1 Å². The van der Waals surface area contributed by atoms with Crippen LogP contribution in [-0.2, 0) is 42.0 Å². The van der Waals surface area contributed by atoms with E-state index in [0.29, 0.717) is 20.1 Å². The van der Waals surface area contributed by atoms with Crippen molar-refractivity contribution >= 4 is 81.9 Å². The van der Waals surface area contributed by atoms with E-state index in [1.807, 2.05) is 47.2 Å². The Kier molecular flexibility index (Phi) is 16.5. The van der Waals surface area contributed by atoms with E-state index in [1.165, 1.54) is 23.5 Å². The van der Waals surface area contributed by atoms with E-state index in [1.54, 1.807) is 12.1 Å². The van der Waals surface area contributed by atoms with Crippen molar-refractivity contribution in [2.75, 3.05) is 26.4 Å². The van der Waals surface area contributed by atoms with Crippen molar-refractivity contribution in [2.45, 2.75) is 99.5 Å². The summed E-state index contributed by atoms with van der Waals surface area (Å²) in [6, 6.07) is 10.8. The molecule has 0 fully saturated rings. The molecule has 2 aromatic carbocycles. The normalized spacial score (nSPS) is 11.5. The van der Waals surface area contributed by atoms with Crippen molar-refractivity contribution in [1.29, 1.82) is 0 Å². The molecule has 0 spiro atoms. The van der Waals surface area contributed by atoms with Gasteiger partial charge in [-0.2, -0.15) is 0 Å². The molecule has 4 aromatic rings. The van der Waals surface area contributed by atoms with Gasteiger partial charge in [0, 0.05) is 29.9 Å². The van der Waals surface area contributed by atoms with Crippen molar-refractivity contribution in [3.8, 4) is 0 Å². The van der Waals surface area contributed by atoms with Crippen LogP contribution in [0, 0.1) is 13.8 Å². The number of imidazole rings is 2. The highest BCUT2D eigenvalue weighted by molar-refractivity contribution is 7.99. The van der Waals surface area contributed by atoms with Crippen molar-refractivity contribution in [3.05, 3.63) is 79.5 Å². The molecule has 2 heterocycles. The van der Waals surface area contributed by atoms with E-state index in [-0.39, 0.29) is 64.6 Å². The molecule has 0 bridgehead atoms. The largest absolute Gasteiger partial charge is 0.463 e. The summed E-state index contributed by atoms with van der Waals surface area (Å²) < 4.78 is 26.1. The van der Waals surface area contributed by atoms with Gasteiger partial charge in [-0.15, -0.1) is 0 Å². The first-order valence-corrected chi connectivity index (χ1v) is 19.7. The lowest BCUT2D eigenvalue weighted by molar-refractivity contribution is -0.152. The Balaban J connectivity index is 1.16. The number of carbonyl (C=O) groups excluding carboxylic acids is 2. The third kappa shape index (κ3) is 12.6. The lowest BCUT2D eigenvalue weighted by atomic mass is 10.2. The number of aromatic nitrogens is 4. The molecule has 16 heteroatoms. The van der Waals surface area contributed by atoms with Crippen LogP contribution >= 0.6 is 69.9 Å². The summed E-state index contributed by atoms with van der Waals surface area (Å²) in [5, 5.41) is 4.04. The maximum Gasteiger partial charge on any atom is 0.306 e. The Hall–Kier alpha value is -2.42. The van der Waals surface area contributed by atoms with Gasteiger partial charge in [0.2, 0.25) is 0 Å². The van der Waals surface area contributed by atoms with Crippen molar-refractivity contribution < 1.29 is 28.5 Å². The molecule has 0 unspecified atom stereocenters. The zero-order valence-electron chi connectivity index (χ0n) is 29.8. The molecule has 0 amide bonds. The average molecular weight is 833 g/mol. The average Bonchev–Trinajstić information content (AvgIpc) is 3.53. The van der Waals surface area contributed by atoms with Crippen molar-refractivity contribution in [3.63, 3.8) is 0 Å². The molecule has 0 aliphatic carbocycles. The van der Waals surface area contributed by atoms with E-state index >= 15 is 0 Å². The standard InChI is InChI=1S/C36H42Cl4N4O6S2/c1-21(2)33-35(51-29-15-25(37)13-26(38)16-29)43(23(5)41-33)19-47-9-11-49-31(45)7-8-32(46)50-12-10-48-20-44-24(6)42-34(22(3)4)36(44)52-30-17-27(39)14-28(40)18-30/h13-18,21-22H,7-12,19-20H2,1-6H3. The van der Waals surface area contributed by atoms with Crippen LogP contribution in [0.1, 0.15) is 75.4 Å². The third-order valence-electron chi connectivity index (χ3n) is 7.42. The van der Waals surface area contributed by atoms with Crippen LogP contribution in [-0.4, -0.2) is 57.5 Å². The zero-order chi connectivity index (χ0) is 37.9. The number of halogens is 4. The predicted octanol–water partition coefficient (Wildman–Crippen LogP) is 10.4. The summed E-state index contributed by atoms with van der Waals surface area (Å²) in [7, 11) is 0. The van der Waals surface area contributed by atoms with Gasteiger partial charge < -0.3 is 18.9 Å². The fourth-order valence-corrected chi connectivity index (χ4v) is 8.76. The van der Waals surface area contributed by atoms with Crippen LogP contribution < -0.4 is 0 Å². The number of benzene rings is 2. The highest BCUT2D eigenvalue weighted by Crippen LogP contribution is 2.38. The Labute approximate surface area is 333 Å². The molecule has 0 radical (unpaired) electrons. The molecular weight excluding hydrogens is 790 g/mol. The molecule has 282 valence electrons. The van der Waals surface area contributed by atoms with E-state index in [9.17, 15) is 9.59 Å². The van der Waals surface area contributed by atoms with Crippen LogP contribution in [0.15, 0.2) is 56.2 Å². The molecule has 4 rings (SSSR count). The molecule has 52 heavy (non-hydrogen) atoms. The van der Waals surface area contributed by atoms with Gasteiger partial charge in [0.05, 0.1) is 37.4 Å². The first kappa shape index (κ1) is 42.3. The second-order valence-corrected chi connectivity index (χ2v) is 16.2. The van der Waals surface area contributed by atoms with Gasteiger partial charge >= 0.3 is 11.9 Å². The molecule has 0 aliphatic rings. The Bertz CT molecular complexity index is 1680. The molecule has 0 saturated heterocycles. The Morgan fingerprint density at radius 3 is 1.29 bits per heavy atom. The highest BCUT2D eigenvalue weighted by Gasteiger charge is 2.21. The highest BCUT2D eigenvalue weighted by atomic mass is 35.5. The summed E-state index contributed by atoms with van der Waals surface area (Å²) in [5.41, 5.74) is 1.87. The van der Waals surface area contributed by atoms with Gasteiger partial charge in [0.1, 0.15) is 48.4 Å². The van der Waals surface area contributed by atoms with E-state index in [4.69, 9.17) is 75.3 Å². The first-order valence-electron chi connectivity index (χ1n) is 16.6. The van der Waals surface area contributed by atoms with Crippen molar-refractivity contribution in [1.82, 2.24) is 19.1 Å². The lowest BCUT2D eigenvalue weighted by Crippen LogP contribution is -2.16. The van der Waals surface area contributed by atoms with Crippen molar-refractivity contribution in [2.24, 2.45) is 0 Å². The molecule has 2 aromatic heterocycles. The minimum absolute atomic E-state index is 0.0374. The fourth-order valence-electron chi connectivity index (χ4n) is 4.89. The molecule has 0 N–H and O–H groups in total. The SMILES string of the molecule is Cc1nc(C(C)C)c(Sc2cc(Cl)cc(Cl)c2)n1COCCOC(=O)CCC(=O)OCCOCn1c(C)nc(C(C)C)c1Sc1cc(Cl)cc(Cl)c1. The van der Waals surface area contributed by atoms with E-state index in [0.717, 1.165) is 42.9 Å². The number of carbonyl (C=O) groups is 2. The van der Waals surface area contributed by atoms with Gasteiger partial charge in [0.15, 0.2) is 0 Å². The first-order chi connectivity index (χ1) is 24.7. The molecule has 0 saturated carbocycles. The number of aryl methyl sites for hydroxylation is 2. The topological polar surface area (TPSA) is 107 Å². The minimum Gasteiger partial charge on any atom is -0.463 e. The van der Waals surface area contributed by atoms with E-state index < -0.39 is 11.9 Å². The molecule has 0 atom stereocenters. The summed E-state index contributed by atoms with van der Waals surface area (Å²) in [6.07, 6.45) is -0.220. The molecule has 10 nitrogen and oxygen atoms in total. The summed E-state index contributed by atoms with van der Waals surface area (Å²) in [5.74, 6) is 0.910. The minimum atomic E-state index is -0.519. The quantitative estimate of drug-likeness (QED) is 0.0670. The smallest absolute Gasteiger partial charge is 0.306 e. The lowest BCUT2D eigenvalue weighted by Gasteiger charge is -2.13. The second kappa shape index (κ2) is 20.3. The van der Waals surface area contributed by atoms with Gasteiger partial charge in [-0.3, -0.25) is 18.7 Å². The molecule has 0 aliphatic heterocycles. The number of ether oxygens (including phenoxy) is 4. The van der Waals surface area contributed by atoms with Crippen LogP contribution in [0.3, 0.4) is 0 Å². The van der Waals surface area contributed by atoms with Gasteiger partial charge in [-0.25, -0.2) is 9.97 Å². The van der Waals surface area contributed by atoms with Crippen LogP contribution in [0.4, 0.5) is 0 Å². The number of hydrogen-bond acceptors (Lipinski definition) is 10. The number of hydrogen-bond donors (Lipinski definition) is 0. The second-order valence-electron chi connectivity index (χ2n) is 12.3. The third-order valence-corrected chi connectivity index (χ3v) is 10.5. The maximum atomic E-state index is 12.3. The van der Waals surface area contributed by atoms with E-state index in [2.05, 4.69) is 27.7 Å². The monoisotopic (exact) mass is 830 g/mol. The molecular formula is C36H42Cl4N4O6S2. The number of rotatable bonds is 19. The fraction of sp³-hybridized carbons (Fsp3) is 0.444. The van der Waals surface area contributed by atoms with Gasteiger partial charge in [-0.05, 0) is 62.1 Å². The number of esters is 2. The predicted molar refractivity (Wildman–Crippen MR) is 206 cm³/mol. The zero-order valence-corrected chi connectivity index (χ0v) is 34.5. The Morgan fingerprint density at radius 2 is 0.962 bits per heavy atom. The van der Waals surface area contributed by atoms with Gasteiger partial charge in [0.25, 0.3) is 0 Å². The van der Waals surface area contributed by atoms with Gasteiger partial charge in [-0.1, -0.05) is 97.6 Å². The van der Waals surface area contributed by atoms with Crippen LogP contribution in [0.25, 0.3) is 0 Å². The van der Waals surface area contributed by atoms with Crippen LogP contribution in [0.5, 0.6) is 0 Å². The summed E-state index contributed by atoms with van der Waals surface area (Å²) in [6.45, 7) is 13.0. The number of nitrogens with zero attached hydrogens (tertiary/aromatic N) is 4. The summed E-state index contributed by atoms with van der Waals surface area (Å²) >= 11 is 27.9. The summed E-state index contributed by atoms with van der Waals surface area (Å²) in [4.78, 5) is 35.8. The Morgan fingerprint density at radius 1 is 0.615 bits per heavy atom.